The number of benzene rings is 3. The highest BCUT2D eigenvalue weighted by Crippen LogP contribution is 2.28. The van der Waals surface area contributed by atoms with Crippen molar-refractivity contribution in [3.8, 4) is 5.75 Å². The van der Waals surface area contributed by atoms with Crippen LogP contribution in [0.3, 0.4) is 0 Å². The van der Waals surface area contributed by atoms with Crippen LogP contribution in [0.15, 0.2) is 66.7 Å². The number of halogens is 3. The minimum absolute atomic E-state index is 0.127. The van der Waals surface area contributed by atoms with Crippen molar-refractivity contribution in [2.45, 2.75) is 18.8 Å². The molecule has 2 N–H and O–H groups in total. The zero-order valence-electron chi connectivity index (χ0n) is 14.8. The molecule has 0 radical (unpaired) electrons. The molecule has 4 aromatic rings. The average molecular weight is 387 g/mol. The molecule has 0 saturated carbocycles. The zero-order valence-corrected chi connectivity index (χ0v) is 14.8. The molecule has 144 valence electrons. The molecule has 0 aliphatic carbocycles. The molecule has 4 nitrogen and oxygen atoms in total. The Morgan fingerprint density at radius 1 is 0.964 bits per heavy atom. The van der Waals surface area contributed by atoms with Crippen LogP contribution in [0.1, 0.15) is 5.82 Å². The van der Waals surface area contributed by atoms with Crippen LogP contribution < -0.4 is 9.30 Å². The summed E-state index contributed by atoms with van der Waals surface area (Å²) in [5, 5.41) is 12.2. The normalized spacial score (nSPS) is 13.1. The van der Waals surface area contributed by atoms with E-state index < -0.39 is 18.1 Å². The number of rotatable bonds is 5. The summed E-state index contributed by atoms with van der Waals surface area (Å²) in [4.78, 5) is 2.39. The Balaban J connectivity index is 1.56. The molecule has 0 fully saturated rings. The molecule has 0 unspecified atom stereocenters. The molecule has 0 saturated heterocycles. The first kappa shape index (κ1) is 18.3. The van der Waals surface area contributed by atoms with Gasteiger partial charge in [0.05, 0.1) is 0 Å². The number of imidazole rings is 1. The van der Waals surface area contributed by atoms with Gasteiger partial charge >= 0.3 is 12.0 Å². The number of alkyl halides is 3. The van der Waals surface area contributed by atoms with Crippen LogP contribution in [0, 0.1) is 0 Å². The Bertz CT molecular complexity index is 1120. The third-order valence-electron chi connectivity index (χ3n) is 4.56. The van der Waals surface area contributed by atoms with Gasteiger partial charge < -0.3 is 9.84 Å². The number of nitrogens with zero attached hydrogens (tertiary/aromatic N) is 1. The summed E-state index contributed by atoms with van der Waals surface area (Å²) in [6, 6.07) is 19.6. The lowest BCUT2D eigenvalue weighted by Gasteiger charge is -2.14. The maximum absolute atomic E-state index is 13.4. The molecular weight excluding hydrogens is 369 g/mol. The largest absolute Gasteiger partial charge is 0.494 e. The van der Waals surface area contributed by atoms with E-state index in [4.69, 9.17) is 4.74 Å². The van der Waals surface area contributed by atoms with Gasteiger partial charge in [0, 0.05) is 5.39 Å². The minimum Gasteiger partial charge on any atom is -0.490 e. The highest BCUT2D eigenvalue weighted by molar-refractivity contribution is 5.88. The van der Waals surface area contributed by atoms with Gasteiger partial charge in [-0.2, -0.15) is 13.2 Å². The molecule has 1 aromatic heterocycles. The molecule has 0 amide bonds. The van der Waals surface area contributed by atoms with Crippen LogP contribution >= 0.6 is 0 Å². The number of nitrogens with one attached hydrogen (secondary N) is 1. The molecule has 1 atom stereocenters. The Labute approximate surface area is 158 Å². The summed E-state index contributed by atoms with van der Waals surface area (Å²) < 4.78 is 47.0. The van der Waals surface area contributed by atoms with E-state index >= 15 is 0 Å². The fourth-order valence-electron chi connectivity index (χ4n) is 3.31. The van der Waals surface area contributed by atoms with Gasteiger partial charge in [0.15, 0.2) is 11.0 Å². The third-order valence-corrected chi connectivity index (χ3v) is 4.56. The van der Waals surface area contributed by atoms with Crippen LogP contribution in [-0.4, -0.2) is 22.8 Å². The van der Waals surface area contributed by atoms with E-state index in [-0.39, 0.29) is 13.2 Å². The molecule has 4 rings (SSSR count). The fourth-order valence-corrected chi connectivity index (χ4v) is 3.31. The minimum atomic E-state index is -4.56. The summed E-state index contributed by atoms with van der Waals surface area (Å²) in [5.74, 6) is -0.324. The first-order chi connectivity index (χ1) is 13.4. The zero-order chi connectivity index (χ0) is 19.7. The molecule has 3 aromatic carbocycles. The van der Waals surface area contributed by atoms with Gasteiger partial charge in [-0.15, -0.1) is 0 Å². The van der Waals surface area contributed by atoms with Crippen molar-refractivity contribution in [1.29, 1.82) is 0 Å². The quantitative estimate of drug-likeness (QED) is 0.507. The molecule has 28 heavy (non-hydrogen) atoms. The standard InChI is InChI=1S/C21H17F3N2O2/c22-21(23,24)20-25-17-9-3-4-10-18(17)26(20)12-15(27)13-28-19-11-5-7-14-6-1-2-8-16(14)19/h1-11,15,27H,12-13H2/p+1/t15-/m1/s1. The van der Waals surface area contributed by atoms with Crippen molar-refractivity contribution < 1.29 is 27.6 Å². The van der Waals surface area contributed by atoms with Gasteiger partial charge in [0.1, 0.15) is 25.0 Å². The third kappa shape index (κ3) is 3.53. The molecule has 7 heteroatoms. The summed E-state index contributed by atoms with van der Waals surface area (Å²) in [5.41, 5.74) is 0.732. The average Bonchev–Trinajstić information content (AvgIpc) is 3.05. The van der Waals surface area contributed by atoms with E-state index in [1.54, 1.807) is 30.3 Å². The number of aliphatic hydroxyl groups excluding tert-OH is 1. The second-order valence-electron chi connectivity index (χ2n) is 6.54. The van der Waals surface area contributed by atoms with Crippen LogP contribution in [0.4, 0.5) is 13.2 Å². The van der Waals surface area contributed by atoms with Crippen molar-refractivity contribution in [2.75, 3.05) is 6.61 Å². The lowest BCUT2D eigenvalue weighted by Crippen LogP contribution is -2.46. The van der Waals surface area contributed by atoms with Crippen molar-refractivity contribution >= 4 is 21.8 Å². The summed E-state index contributed by atoms with van der Waals surface area (Å²) in [6.07, 6.45) is -5.68. The molecule has 0 spiro atoms. The fraction of sp³-hybridized carbons (Fsp3) is 0.190. The van der Waals surface area contributed by atoms with Crippen LogP contribution in [-0.2, 0) is 12.7 Å². The monoisotopic (exact) mass is 387 g/mol. The van der Waals surface area contributed by atoms with E-state index in [9.17, 15) is 18.3 Å². The van der Waals surface area contributed by atoms with Gasteiger partial charge in [-0.3, -0.25) is 0 Å². The van der Waals surface area contributed by atoms with Crippen molar-refractivity contribution in [3.05, 3.63) is 72.6 Å². The van der Waals surface area contributed by atoms with Crippen LogP contribution in [0.5, 0.6) is 5.75 Å². The van der Waals surface area contributed by atoms with Crippen molar-refractivity contribution in [3.63, 3.8) is 0 Å². The first-order valence-electron chi connectivity index (χ1n) is 8.80. The van der Waals surface area contributed by atoms with E-state index in [0.29, 0.717) is 16.8 Å². The number of aromatic nitrogens is 2. The van der Waals surface area contributed by atoms with E-state index in [0.717, 1.165) is 15.3 Å². The smallest absolute Gasteiger partial charge is 0.490 e. The Hall–Kier alpha value is -3.06. The van der Waals surface area contributed by atoms with Crippen LogP contribution in [0.25, 0.3) is 21.8 Å². The summed E-state index contributed by atoms with van der Waals surface area (Å²) in [6.45, 7) is -0.374. The second kappa shape index (κ2) is 7.16. The topological polar surface area (TPSA) is 49.1 Å². The molecule has 0 aliphatic heterocycles. The number of aromatic amines is 1. The maximum atomic E-state index is 13.4. The molecular formula is C21H18F3N2O2+. The number of hydrogen-bond acceptors (Lipinski definition) is 2. The van der Waals surface area contributed by atoms with Gasteiger partial charge in [-0.1, -0.05) is 48.5 Å². The Morgan fingerprint density at radius 3 is 2.50 bits per heavy atom. The first-order valence-corrected chi connectivity index (χ1v) is 8.80. The summed E-state index contributed by atoms with van der Waals surface area (Å²) >= 11 is 0. The SMILES string of the molecule is O[C@@H](COc1cccc2ccccc12)C[n+]1c(C(F)(F)F)[nH]c2ccccc21. The van der Waals surface area contributed by atoms with Gasteiger partial charge in [0.25, 0.3) is 0 Å². The van der Waals surface area contributed by atoms with E-state index in [2.05, 4.69) is 4.98 Å². The highest BCUT2D eigenvalue weighted by Gasteiger charge is 2.44. The Morgan fingerprint density at radius 2 is 1.68 bits per heavy atom. The number of hydrogen-bond donors (Lipinski definition) is 2. The van der Waals surface area contributed by atoms with Crippen molar-refractivity contribution in [2.24, 2.45) is 0 Å². The summed E-state index contributed by atoms with van der Waals surface area (Å²) in [7, 11) is 0. The number of para-hydroxylation sites is 2. The van der Waals surface area contributed by atoms with E-state index in [1.807, 2.05) is 36.4 Å². The van der Waals surface area contributed by atoms with Gasteiger partial charge in [-0.05, 0) is 23.6 Å². The second-order valence-corrected chi connectivity index (χ2v) is 6.54. The Kier molecular flexibility index (Phi) is 4.68. The lowest BCUT2D eigenvalue weighted by molar-refractivity contribution is -0.697. The highest BCUT2D eigenvalue weighted by atomic mass is 19.4. The van der Waals surface area contributed by atoms with Crippen LogP contribution in [0.2, 0.25) is 0 Å². The van der Waals surface area contributed by atoms with Gasteiger partial charge in [-0.25, -0.2) is 9.55 Å². The maximum Gasteiger partial charge on any atom is 0.494 e. The van der Waals surface area contributed by atoms with Crippen molar-refractivity contribution in [1.82, 2.24) is 4.98 Å². The number of aliphatic hydroxyl groups is 1. The van der Waals surface area contributed by atoms with Gasteiger partial charge in [0.2, 0.25) is 0 Å². The predicted molar refractivity (Wildman–Crippen MR) is 98.9 cm³/mol. The molecule has 1 heterocycles. The number of H-pyrrole nitrogens is 1. The number of ether oxygens (including phenoxy) is 1. The molecule has 0 bridgehead atoms. The predicted octanol–water partition coefficient (Wildman–Crippen LogP) is 4.07. The molecule has 0 aliphatic rings. The lowest BCUT2D eigenvalue weighted by atomic mass is 10.1. The van der Waals surface area contributed by atoms with E-state index in [1.165, 1.54) is 0 Å². The number of fused-ring (bicyclic) bond motifs is 2.